The molecule has 1 heterocycles. The number of halogens is 1. The van der Waals surface area contributed by atoms with Crippen LogP contribution in [-0.4, -0.2) is 4.98 Å². The lowest BCUT2D eigenvalue weighted by molar-refractivity contribution is 1.30. The number of nitrogens with one attached hydrogen (secondary N) is 1. The van der Waals surface area contributed by atoms with Crippen LogP contribution in [0, 0.1) is 6.92 Å². The van der Waals surface area contributed by atoms with Gasteiger partial charge in [-0.1, -0.05) is 15.9 Å². The average Bonchev–Trinajstić information content (AvgIpc) is 2.20. The lowest BCUT2D eigenvalue weighted by Crippen LogP contribution is -1.95. The van der Waals surface area contributed by atoms with E-state index in [1.165, 1.54) is 5.56 Å². The molecular weight excluding hydrogens is 266 g/mol. The van der Waals surface area contributed by atoms with E-state index in [1.54, 1.807) is 6.20 Å². The second-order valence-electron chi connectivity index (χ2n) is 3.62. The van der Waals surface area contributed by atoms with Crippen molar-refractivity contribution in [2.45, 2.75) is 6.92 Å². The lowest BCUT2D eigenvalue weighted by Gasteiger charge is -2.07. The van der Waals surface area contributed by atoms with Gasteiger partial charge in [-0.2, -0.15) is 0 Å². The number of rotatable bonds is 2. The summed E-state index contributed by atoms with van der Waals surface area (Å²) in [7, 11) is 0. The Morgan fingerprint density at radius 3 is 2.69 bits per heavy atom. The zero-order chi connectivity index (χ0) is 11.5. The summed E-state index contributed by atoms with van der Waals surface area (Å²) in [4.78, 5) is 4.18. The Hall–Kier alpha value is -1.55. The molecule has 0 aliphatic carbocycles. The molecule has 1 aromatic heterocycles. The van der Waals surface area contributed by atoms with Crippen LogP contribution in [-0.2, 0) is 0 Å². The van der Waals surface area contributed by atoms with E-state index in [2.05, 4.69) is 38.4 Å². The van der Waals surface area contributed by atoms with E-state index in [0.717, 1.165) is 16.0 Å². The van der Waals surface area contributed by atoms with Gasteiger partial charge in [0.15, 0.2) is 0 Å². The number of hydrogen-bond donors (Lipinski definition) is 2. The van der Waals surface area contributed by atoms with Gasteiger partial charge in [0.2, 0.25) is 0 Å². The van der Waals surface area contributed by atoms with Gasteiger partial charge in [-0.3, -0.25) is 0 Å². The van der Waals surface area contributed by atoms with Crippen LogP contribution in [0.15, 0.2) is 41.0 Å². The van der Waals surface area contributed by atoms with Gasteiger partial charge in [0.25, 0.3) is 0 Å². The average molecular weight is 278 g/mol. The number of anilines is 3. The van der Waals surface area contributed by atoms with Crippen molar-refractivity contribution >= 4 is 33.1 Å². The highest BCUT2D eigenvalue weighted by molar-refractivity contribution is 9.10. The lowest BCUT2D eigenvalue weighted by atomic mass is 10.2. The summed E-state index contributed by atoms with van der Waals surface area (Å²) in [6, 6.07) is 9.79. The van der Waals surface area contributed by atoms with E-state index < -0.39 is 0 Å². The molecule has 0 saturated heterocycles. The Morgan fingerprint density at radius 1 is 1.25 bits per heavy atom. The molecule has 0 amide bonds. The first-order valence-corrected chi connectivity index (χ1v) is 5.68. The molecule has 0 aliphatic rings. The van der Waals surface area contributed by atoms with Crippen molar-refractivity contribution in [1.29, 1.82) is 0 Å². The van der Waals surface area contributed by atoms with Crippen LogP contribution >= 0.6 is 15.9 Å². The summed E-state index contributed by atoms with van der Waals surface area (Å²) in [6.07, 6.45) is 1.63. The van der Waals surface area contributed by atoms with Crippen molar-refractivity contribution in [3.63, 3.8) is 0 Å². The van der Waals surface area contributed by atoms with Crippen LogP contribution in [0.25, 0.3) is 0 Å². The van der Waals surface area contributed by atoms with Crippen LogP contribution < -0.4 is 11.1 Å². The molecule has 82 valence electrons. The number of hydrogen-bond acceptors (Lipinski definition) is 3. The maximum atomic E-state index is 5.57. The summed E-state index contributed by atoms with van der Waals surface area (Å²) >= 11 is 3.46. The van der Waals surface area contributed by atoms with Crippen LogP contribution in [0.4, 0.5) is 17.2 Å². The third-order valence-electron chi connectivity index (χ3n) is 2.10. The van der Waals surface area contributed by atoms with E-state index in [0.29, 0.717) is 5.69 Å². The normalized spacial score (nSPS) is 10.1. The van der Waals surface area contributed by atoms with Crippen LogP contribution in [0.5, 0.6) is 0 Å². The second-order valence-corrected chi connectivity index (χ2v) is 4.53. The van der Waals surface area contributed by atoms with Crippen LogP contribution in [0.3, 0.4) is 0 Å². The van der Waals surface area contributed by atoms with Gasteiger partial charge in [0.1, 0.15) is 5.82 Å². The number of nitrogens with two attached hydrogens (primary N) is 1. The zero-order valence-electron chi connectivity index (χ0n) is 8.87. The number of benzene rings is 1. The Bertz CT molecular complexity index is 474. The van der Waals surface area contributed by atoms with E-state index in [4.69, 9.17) is 5.73 Å². The van der Waals surface area contributed by atoms with Gasteiger partial charge in [0, 0.05) is 10.2 Å². The van der Waals surface area contributed by atoms with Gasteiger partial charge >= 0.3 is 0 Å². The summed E-state index contributed by atoms with van der Waals surface area (Å²) < 4.78 is 1.05. The quantitative estimate of drug-likeness (QED) is 0.884. The number of aryl methyl sites for hydroxylation is 1. The van der Waals surface area contributed by atoms with Crippen molar-refractivity contribution in [1.82, 2.24) is 4.98 Å². The summed E-state index contributed by atoms with van der Waals surface area (Å²) in [5.74, 6) is 0.784. The number of aromatic nitrogens is 1. The molecule has 4 heteroatoms. The largest absolute Gasteiger partial charge is 0.397 e. The minimum atomic E-state index is 0.663. The number of nitrogen functional groups attached to an aromatic ring is 1. The number of pyridine rings is 1. The van der Waals surface area contributed by atoms with Gasteiger partial charge in [0.05, 0.1) is 11.9 Å². The predicted molar refractivity (Wildman–Crippen MR) is 70.8 cm³/mol. The van der Waals surface area contributed by atoms with Crippen molar-refractivity contribution < 1.29 is 0 Å². The van der Waals surface area contributed by atoms with Crippen molar-refractivity contribution in [3.8, 4) is 0 Å². The Labute approximate surface area is 103 Å². The highest BCUT2D eigenvalue weighted by Crippen LogP contribution is 2.21. The SMILES string of the molecule is Cc1cc(Br)cc(Nc2ccc(N)cn2)c1. The maximum Gasteiger partial charge on any atom is 0.130 e. The fourth-order valence-electron chi connectivity index (χ4n) is 1.44. The van der Waals surface area contributed by atoms with E-state index in [-0.39, 0.29) is 0 Å². The smallest absolute Gasteiger partial charge is 0.130 e. The molecule has 0 radical (unpaired) electrons. The Balaban J connectivity index is 2.23. The fraction of sp³-hybridized carbons (Fsp3) is 0.0833. The summed E-state index contributed by atoms with van der Waals surface area (Å²) in [5, 5.41) is 3.22. The minimum absolute atomic E-state index is 0.663. The van der Waals surface area contributed by atoms with E-state index in [9.17, 15) is 0 Å². The van der Waals surface area contributed by atoms with Gasteiger partial charge in [-0.15, -0.1) is 0 Å². The van der Waals surface area contributed by atoms with Gasteiger partial charge in [-0.05, 0) is 42.8 Å². The first kappa shape index (κ1) is 11.0. The molecule has 3 nitrogen and oxygen atoms in total. The topological polar surface area (TPSA) is 50.9 Å². The molecule has 0 saturated carbocycles. The van der Waals surface area contributed by atoms with Gasteiger partial charge < -0.3 is 11.1 Å². The first-order chi connectivity index (χ1) is 7.63. The predicted octanol–water partition coefficient (Wildman–Crippen LogP) is 3.48. The van der Waals surface area contributed by atoms with E-state index >= 15 is 0 Å². The number of nitrogens with zero attached hydrogens (tertiary/aromatic N) is 1. The highest BCUT2D eigenvalue weighted by atomic mass is 79.9. The molecule has 1 aromatic carbocycles. The zero-order valence-corrected chi connectivity index (χ0v) is 10.5. The van der Waals surface area contributed by atoms with Crippen molar-refractivity contribution in [2.24, 2.45) is 0 Å². The molecule has 0 bridgehead atoms. The molecular formula is C12H12BrN3. The molecule has 0 fully saturated rings. The van der Waals surface area contributed by atoms with Crippen molar-refractivity contribution in [2.75, 3.05) is 11.1 Å². The molecule has 0 atom stereocenters. The molecule has 0 spiro atoms. The minimum Gasteiger partial charge on any atom is -0.397 e. The third kappa shape index (κ3) is 2.73. The Morgan fingerprint density at radius 2 is 2.06 bits per heavy atom. The van der Waals surface area contributed by atoms with Gasteiger partial charge in [-0.25, -0.2) is 4.98 Å². The Kier molecular flexibility index (Phi) is 3.10. The molecule has 2 rings (SSSR count). The molecule has 0 aliphatic heterocycles. The first-order valence-electron chi connectivity index (χ1n) is 4.89. The summed E-state index contributed by atoms with van der Waals surface area (Å²) in [6.45, 7) is 2.05. The van der Waals surface area contributed by atoms with Crippen LogP contribution in [0.2, 0.25) is 0 Å². The standard InChI is InChI=1S/C12H12BrN3/c1-8-4-9(13)6-11(5-8)16-12-3-2-10(14)7-15-12/h2-7H,14H2,1H3,(H,15,16). The fourth-order valence-corrected chi connectivity index (χ4v) is 2.04. The molecule has 16 heavy (non-hydrogen) atoms. The third-order valence-corrected chi connectivity index (χ3v) is 2.56. The van der Waals surface area contributed by atoms with E-state index in [1.807, 2.05) is 25.1 Å². The van der Waals surface area contributed by atoms with Crippen LogP contribution in [0.1, 0.15) is 5.56 Å². The van der Waals surface area contributed by atoms with Crippen molar-refractivity contribution in [3.05, 3.63) is 46.6 Å². The molecule has 2 aromatic rings. The molecule has 3 N–H and O–H groups in total. The monoisotopic (exact) mass is 277 g/mol. The highest BCUT2D eigenvalue weighted by Gasteiger charge is 1.98. The maximum absolute atomic E-state index is 5.57. The molecule has 0 unspecified atom stereocenters. The summed E-state index contributed by atoms with van der Waals surface area (Å²) in [5.41, 5.74) is 8.42. The second kappa shape index (κ2) is 4.53.